The van der Waals surface area contributed by atoms with Crippen molar-refractivity contribution in [3.63, 3.8) is 0 Å². The van der Waals surface area contributed by atoms with Crippen LogP contribution in [0.5, 0.6) is 0 Å². The van der Waals surface area contributed by atoms with Crippen molar-refractivity contribution in [2.24, 2.45) is 0 Å². The van der Waals surface area contributed by atoms with E-state index in [2.05, 4.69) is 17.2 Å². The third-order valence-corrected chi connectivity index (χ3v) is 1.60. The van der Waals surface area contributed by atoms with Crippen LogP contribution in [0.2, 0.25) is 0 Å². The summed E-state index contributed by atoms with van der Waals surface area (Å²) >= 11 is 0. The van der Waals surface area contributed by atoms with Crippen LogP contribution in [-0.4, -0.2) is 29.6 Å². The van der Waals surface area contributed by atoms with Gasteiger partial charge in [0.05, 0.1) is 0 Å². The molecule has 16 heavy (non-hydrogen) atoms. The van der Waals surface area contributed by atoms with Crippen LogP contribution in [0, 0.1) is 0 Å². The van der Waals surface area contributed by atoms with Crippen molar-refractivity contribution >= 4 is 17.9 Å². The molecule has 0 saturated heterocycles. The van der Waals surface area contributed by atoms with Gasteiger partial charge in [0, 0.05) is 19.4 Å². The molecular formula is C10H16N2O4. The van der Waals surface area contributed by atoms with E-state index in [9.17, 15) is 14.4 Å². The number of carbonyl (C=O) groups is 3. The molecule has 0 bridgehead atoms. The van der Waals surface area contributed by atoms with Gasteiger partial charge in [-0.05, 0) is 13.3 Å². The number of urea groups is 1. The van der Waals surface area contributed by atoms with Crippen molar-refractivity contribution in [3.8, 4) is 0 Å². The van der Waals surface area contributed by atoms with Crippen molar-refractivity contribution in [3.05, 3.63) is 12.2 Å². The minimum atomic E-state index is -0.959. The van der Waals surface area contributed by atoms with Crippen LogP contribution in [0.25, 0.3) is 0 Å². The van der Waals surface area contributed by atoms with Gasteiger partial charge in [-0.2, -0.15) is 0 Å². The summed E-state index contributed by atoms with van der Waals surface area (Å²) in [5, 5.41) is 12.8. The smallest absolute Gasteiger partial charge is 0.321 e. The number of hydrogen-bond acceptors (Lipinski definition) is 3. The summed E-state index contributed by atoms with van der Waals surface area (Å²) in [7, 11) is 0. The quantitative estimate of drug-likeness (QED) is 0.581. The highest BCUT2D eigenvalue weighted by Crippen LogP contribution is 1.94. The van der Waals surface area contributed by atoms with Gasteiger partial charge in [-0.3, -0.25) is 14.9 Å². The molecule has 6 heteroatoms. The molecule has 0 saturated carbocycles. The Morgan fingerprint density at radius 1 is 1.25 bits per heavy atom. The number of nitrogens with one attached hydrogen (secondary N) is 2. The third kappa shape index (κ3) is 8.74. The fourth-order valence-electron chi connectivity index (χ4n) is 0.865. The van der Waals surface area contributed by atoms with E-state index in [-0.39, 0.29) is 19.3 Å². The Morgan fingerprint density at radius 2 is 1.88 bits per heavy atom. The molecule has 0 aromatic rings. The van der Waals surface area contributed by atoms with Crippen molar-refractivity contribution in [2.75, 3.05) is 6.54 Å². The fourth-order valence-corrected chi connectivity index (χ4v) is 0.865. The first-order valence-corrected chi connectivity index (χ1v) is 4.85. The summed E-state index contributed by atoms with van der Waals surface area (Å²) in [5.74, 6) is -1.44. The summed E-state index contributed by atoms with van der Waals surface area (Å²) in [6.45, 7) is 5.63. The highest BCUT2D eigenvalue weighted by Gasteiger charge is 2.07. The van der Waals surface area contributed by atoms with E-state index in [1.165, 1.54) is 0 Å². The Balaban J connectivity index is 3.66. The first-order chi connectivity index (χ1) is 7.41. The molecule has 0 aliphatic heterocycles. The molecular weight excluding hydrogens is 212 g/mol. The van der Waals surface area contributed by atoms with Gasteiger partial charge in [0.25, 0.3) is 0 Å². The molecule has 0 heterocycles. The highest BCUT2D eigenvalue weighted by molar-refractivity contribution is 5.94. The number of imide groups is 1. The second kappa shape index (κ2) is 7.44. The maximum atomic E-state index is 11.1. The Kier molecular flexibility index (Phi) is 6.58. The molecule has 0 aliphatic carbocycles. The molecule has 6 nitrogen and oxygen atoms in total. The highest BCUT2D eigenvalue weighted by atomic mass is 16.4. The second-order valence-corrected chi connectivity index (χ2v) is 3.44. The lowest BCUT2D eigenvalue weighted by molar-refractivity contribution is -0.137. The van der Waals surface area contributed by atoms with Crippen LogP contribution in [0.4, 0.5) is 4.79 Å². The molecule has 3 N–H and O–H groups in total. The van der Waals surface area contributed by atoms with Gasteiger partial charge < -0.3 is 10.4 Å². The molecule has 0 spiro atoms. The zero-order valence-corrected chi connectivity index (χ0v) is 9.21. The van der Waals surface area contributed by atoms with E-state index >= 15 is 0 Å². The van der Waals surface area contributed by atoms with Gasteiger partial charge in [0.1, 0.15) is 0 Å². The van der Waals surface area contributed by atoms with E-state index < -0.39 is 17.9 Å². The normalized spacial score (nSPS) is 9.31. The molecule has 3 amide bonds. The molecule has 0 radical (unpaired) electrons. The number of carbonyl (C=O) groups excluding carboxylic acids is 2. The molecule has 0 aromatic carbocycles. The van der Waals surface area contributed by atoms with E-state index in [1.807, 2.05) is 0 Å². The number of carboxylic acids is 1. The third-order valence-electron chi connectivity index (χ3n) is 1.60. The van der Waals surface area contributed by atoms with Gasteiger partial charge in [0.15, 0.2) is 0 Å². The van der Waals surface area contributed by atoms with Gasteiger partial charge in [-0.25, -0.2) is 4.79 Å². The van der Waals surface area contributed by atoms with E-state index in [4.69, 9.17) is 5.11 Å². The van der Waals surface area contributed by atoms with Crippen LogP contribution in [0.15, 0.2) is 12.2 Å². The van der Waals surface area contributed by atoms with Gasteiger partial charge in [-0.15, -0.1) is 0 Å². The zero-order valence-electron chi connectivity index (χ0n) is 9.21. The van der Waals surface area contributed by atoms with Crippen molar-refractivity contribution in [1.82, 2.24) is 10.6 Å². The summed E-state index contributed by atoms with van der Waals surface area (Å²) in [4.78, 5) is 32.3. The summed E-state index contributed by atoms with van der Waals surface area (Å²) in [6.07, 6.45) is 0.155. The van der Waals surface area contributed by atoms with Crippen LogP contribution in [-0.2, 0) is 9.59 Å². The predicted molar refractivity (Wildman–Crippen MR) is 57.8 cm³/mol. The number of rotatable bonds is 6. The monoisotopic (exact) mass is 228 g/mol. The fraction of sp³-hybridized carbons (Fsp3) is 0.500. The summed E-state index contributed by atoms with van der Waals surface area (Å²) < 4.78 is 0. The SMILES string of the molecule is C=C(C)CNC(=O)NC(=O)CCCC(=O)O. The molecule has 0 fully saturated rings. The average molecular weight is 228 g/mol. The van der Waals surface area contributed by atoms with Crippen molar-refractivity contribution in [1.29, 1.82) is 0 Å². The van der Waals surface area contributed by atoms with Gasteiger partial charge in [-0.1, -0.05) is 12.2 Å². The minimum absolute atomic E-state index is 0.0206. The van der Waals surface area contributed by atoms with Gasteiger partial charge in [0.2, 0.25) is 5.91 Å². The average Bonchev–Trinajstić information content (AvgIpc) is 2.14. The Morgan fingerprint density at radius 3 is 2.38 bits per heavy atom. The van der Waals surface area contributed by atoms with Gasteiger partial charge >= 0.3 is 12.0 Å². The van der Waals surface area contributed by atoms with Crippen molar-refractivity contribution < 1.29 is 19.5 Å². The summed E-state index contributed by atoms with van der Waals surface area (Å²) in [5.41, 5.74) is 0.772. The molecule has 0 atom stereocenters. The zero-order chi connectivity index (χ0) is 12.6. The Bertz CT molecular complexity index is 299. The maximum absolute atomic E-state index is 11.1. The van der Waals surface area contributed by atoms with Crippen LogP contribution < -0.4 is 10.6 Å². The second-order valence-electron chi connectivity index (χ2n) is 3.44. The lowest BCUT2D eigenvalue weighted by atomic mass is 10.2. The largest absolute Gasteiger partial charge is 0.481 e. The number of carboxylic acid groups (broad SMARTS) is 1. The number of amides is 3. The van der Waals surface area contributed by atoms with E-state index in [0.29, 0.717) is 6.54 Å². The predicted octanol–water partition coefficient (Wildman–Crippen LogP) is 0.643. The molecule has 0 unspecified atom stereocenters. The van der Waals surface area contributed by atoms with E-state index in [0.717, 1.165) is 5.57 Å². The number of aliphatic carboxylic acids is 1. The first-order valence-electron chi connectivity index (χ1n) is 4.85. The molecule has 0 rings (SSSR count). The first kappa shape index (κ1) is 14.2. The Hall–Kier alpha value is -1.85. The molecule has 0 aromatic heterocycles. The molecule has 0 aliphatic rings. The van der Waals surface area contributed by atoms with Crippen LogP contribution in [0.3, 0.4) is 0 Å². The standard InChI is InChI=1S/C10H16N2O4/c1-7(2)6-11-10(16)12-8(13)4-3-5-9(14)15/h1,3-6H2,2H3,(H,14,15)(H2,11,12,13,16). The summed E-state index contributed by atoms with van der Waals surface area (Å²) in [6, 6.07) is -0.594. The number of hydrogen-bond donors (Lipinski definition) is 3. The lowest BCUT2D eigenvalue weighted by Crippen LogP contribution is -2.39. The maximum Gasteiger partial charge on any atom is 0.321 e. The Labute approximate surface area is 93.7 Å². The molecule has 90 valence electrons. The van der Waals surface area contributed by atoms with E-state index in [1.54, 1.807) is 6.92 Å². The van der Waals surface area contributed by atoms with Crippen LogP contribution >= 0.6 is 0 Å². The minimum Gasteiger partial charge on any atom is -0.481 e. The topological polar surface area (TPSA) is 95.5 Å². The van der Waals surface area contributed by atoms with Crippen LogP contribution in [0.1, 0.15) is 26.2 Å². The van der Waals surface area contributed by atoms with Crippen molar-refractivity contribution in [2.45, 2.75) is 26.2 Å². The lowest BCUT2D eigenvalue weighted by Gasteiger charge is -2.05.